The Morgan fingerprint density at radius 2 is 0.981 bits per heavy atom. The van der Waals surface area contributed by atoms with E-state index in [-0.39, 0.29) is 0 Å². The molecule has 0 aliphatic carbocycles. The standard InChI is InChI=1S/C48H28N4O2/c1-3-14-30(15-4-1)37-26-33-19-9-10-20-34(33)27-38(37)46-50-45(31-16-5-2-6-17-31)51-47(52-46)43-42-36-21-11-12-22-40(36)53-41(42)28-39-44(43)54-48(49-39)35-24-23-29-13-7-8-18-32(29)25-35/h1-28H. The van der Waals surface area contributed by atoms with Crippen molar-refractivity contribution in [2.45, 2.75) is 0 Å². The van der Waals surface area contributed by atoms with Crippen LogP contribution in [0.15, 0.2) is 179 Å². The molecule has 0 N–H and O–H groups in total. The first-order valence-corrected chi connectivity index (χ1v) is 17.9. The van der Waals surface area contributed by atoms with Crippen molar-refractivity contribution in [3.8, 4) is 56.7 Å². The van der Waals surface area contributed by atoms with Crippen molar-refractivity contribution in [1.82, 2.24) is 19.9 Å². The summed E-state index contributed by atoms with van der Waals surface area (Å²) in [6.45, 7) is 0. The van der Waals surface area contributed by atoms with Gasteiger partial charge in [0.25, 0.3) is 0 Å². The van der Waals surface area contributed by atoms with Crippen LogP contribution >= 0.6 is 0 Å². The van der Waals surface area contributed by atoms with E-state index in [9.17, 15) is 0 Å². The van der Waals surface area contributed by atoms with Gasteiger partial charge in [0.2, 0.25) is 5.89 Å². The third-order valence-electron chi connectivity index (χ3n) is 10.1. The zero-order valence-corrected chi connectivity index (χ0v) is 28.8. The summed E-state index contributed by atoms with van der Waals surface area (Å²) in [4.78, 5) is 20.8. The minimum Gasteiger partial charge on any atom is -0.456 e. The third-order valence-corrected chi connectivity index (χ3v) is 10.1. The molecule has 0 saturated heterocycles. The van der Waals surface area contributed by atoms with Crippen molar-refractivity contribution < 1.29 is 8.83 Å². The highest BCUT2D eigenvalue weighted by atomic mass is 16.4. The molecule has 0 amide bonds. The van der Waals surface area contributed by atoms with Crippen LogP contribution in [0.5, 0.6) is 0 Å². The normalized spacial score (nSPS) is 11.7. The molecule has 3 heterocycles. The number of hydrogen-bond acceptors (Lipinski definition) is 6. The lowest BCUT2D eigenvalue weighted by molar-refractivity contribution is 0.620. The Balaban J connectivity index is 1.23. The first-order valence-electron chi connectivity index (χ1n) is 17.9. The molecule has 54 heavy (non-hydrogen) atoms. The summed E-state index contributed by atoms with van der Waals surface area (Å²) in [6, 6.07) is 57.7. The second-order valence-corrected chi connectivity index (χ2v) is 13.4. The number of furan rings is 1. The van der Waals surface area contributed by atoms with Gasteiger partial charge in [-0.2, -0.15) is 0 Å². The molecule has 0 aliphatic rings. The lowest BCUT2D eigenvalue weighted by Crippen LogP contribution is -2.02. The molecule has 0 aliphatic heterocycles. The van der Waals surface area contributed by atoms with Gasteiger partial charge in [-0.3, -0.25) is 0 Å². The van der Waals surface area contributed by atoms with E-state index in [0.29, 0.717) is 45.6 Å². The fraction of sp³-hybridized carbons (Fsp3) is 0. The van der Waals surface area contributed by atoms with Crippen LogP contribution in [-0.4, -0.2) is 19.9 Å². The van der Waals surface area contributed by atoms with E-state index < -0.39 is 0 Å². The Bertz CT molecular complexity index is 3220. The van der Waals surface area contributed by atoms with E-state index >= 15 is 0 Å². The monoisotopic (exact) mass is 692 g/mol. The van der Waals surface area contributed by atoms with Gasteiger partial charge in [0.05, 0.1) is 5.56 Å². The van der Waals surface area contributed by atoms with E-state index in [1.807, 2.05) is 78.9 Å². The molecule has 8 aromatic carbocycles. The molecule has 0 unspecified atom stereocenters. The van der Waals surface area contributed by atoms with Gasteiger partial charge in [-0.15, -0.1) is 0 Å². The highest BCUT2D eigenvalue weighted by Crippen LogP contribution is 2.43. The highest BCUT2D eigenvalue weighted by molar-refractivity contribution is 6.18. The molecule has 6 nitrogen and oxygen atoms in total. The third kappa shape index (κ3) is 4.96. The summed E-state index contributed by atoms with van der Waals surface area (Å²) in [5.41, 5.74) is 8.12. The summed E-state index contributed by atoms with van der Waals surface area (Å²) in [6.07, 6.45) is 0. The minimum atomic E-state index is 0.467. The highest BCUT2D eigenvalue weighted by Gasteiger charge is 2.25. The van der Waals surface area contributed by atoms with Gasteiger partial charge in [-0.25, -0.2) is 19.9 Å². The van der Waals surface area contributed by atoms with Gasteiger partial charge in [-0.05, 0) is 63.0 Å². The molecule has 3 aromatic heterocycles. The Labute approximate surface area is 309 Å². The van der Waals surface area contributed by atoms with Crippen molar-refractivity contribution in [3.63, 3.8) is 0 Å². The number of fused-ring (bicyclic) bond motifs is 6. The van der Waals surface area contributed by atoms with Crippen LogP contribution in [0.4, 0.5) is 0 Å². The summed E-state index contributed by atoms with van der Waals surface area (Å²) in [7, 11) is 0. The van der Waals surface area contributed by atoms with Crippen LogP contribution < -0.4 is 0 Å². The van der Waals surface area contributed by atoms with Crippen LogP contribution in [0.3, 0.4) is 0 Å². The summed E-state index contributed by atoms with van der Waals surface area (Å²) in [5.74, 6) is 2.08. The van der Waals surface area contributed by atoms with Gasteiger partial charge in [0.15, 0.2) is 23.1 Å². The molecule has 252 valence electrons. The van der Waals surface area contributed by atoms with Crippen LogP contribution in [0, 0.1) is 0 Å². The molecular weight excluding hydrogens is 665 g/mol. The van der Waals surface area contributed by atoms with Crippen molar-refractivity contribution in [3.05, 3.63) is 170 Å². The molecule has 6 heteroatoms. The molecule has 0 bridgehead atoms. The molecule has 0 saturated carbocycles. The lowest BCUT2D eigenvalue weighted by Gasteiger charge is -2.14. The number of oxazole rings is 1. The molecular formula is C48H28N4O2. The molecule has 0 atom stereocenters. The maximum Gasteiger partial charge on any atom is 0.227 e. The van der Waals surface area contributed by atoms with E-state index in [1.54, 1.807) is 0 Å². The number of benzene rings is 8. The second kappa shape index (κ2) is 12.1. The maximum absolute atomic E-state index is 6.80. The van der Waals surface area contributed by atoms with Crippen molar-refractivity contribution in [1.29, 1.82) is 0 Å². The average Bonchev–Trinajstić information content (AvgIpc) is 3.84. The van der Waals surface area contributed by atoms with Crippen molar-refractivity contribution in [2.75, 3.05) is 0 Å². The van der Waals surface area contributed by atoms with E-state index in [4.69, 9.17) is 28.8 Å². The van der Waals surface area contributed by atoms with Crippen molar-refractivity contribution in [2.24, 2.45) is 0 Å². The molecule has 0 spiro atoms. The van der Waals surface area contributed by atoms with Gasteiger partial charge in [-0.1, -0.05) is 133 Å². The number of hydrogen-bond donors (Lipinski definition) is 0. The molecule has 11 aromatic rings. The smallest absolute Gasteiger partial charge is 0.227 e. The number of aromatic nitrogens is 4. The van der Waals surface area contributed by atoms with Crippen LogP contribution in [-0.2, 0) is 0 Å². The Kier molecular flexibility index (Phi) is 6.75. The van der Waals surface area contributed by atoms with Gasteiger partial charge in [0.1, 0.15) is 16.7 Å². The zero-order chi connectivity index (χ0) is 35.6. The number of para-hydroxylation sites is 1. The largest absolute Gasteiger partial charge is 0.456 e. The van der Waals surface area contributed by atoms with Gasteiger partial charge >= 0.3 is 0 Å². The molecule has 0 radical (unpaired) electrons. The second-order valence-electron chi connectivity index (χ2n) is 13.4. The molecule has 0 fully saturated rings. The number of nitrogens with zero attached hydrogens (tertiary/aromatic N) is 4. The van der Waals surface area contributed by atoms with E-state index in [2.05, 4.69) is 91.0 Å². The predicted molar refractivity (Wildman–Crippen MR) is 217 cm³/mol. The van der Waals surface area contributed by atoms with Crippen LogP contribution in [0.1, 0.15) is 0 Å². The maximum atomic E-state index is 6.80. The van der Waals surface area contributed by atoms with Crippen LogP contribution in [0.2, 0.25) is 0 Å². The van der Waals surface area contributed by atoms with Gasteiger partial charge < -0.3 is 8.83 Å². The lowest BCUT2D eigenvalue weighted by atomic mass is 9.95. The summed E-state index contributed by atoms with van der Waals surface area (Å²) < 4.78 is 13.3. The fourth-order valence-corrected chi connectivity index (χ4v) is 7.54. The fourth-order valence-electron chi connectivity index (χ4n) is 7.54. The Hall–Kier alpha value is -7.44. The quantitative estimate of drug-likeness (QED) is 0.179. The summed E-state index contributed by atoms with van der Waals surface area (Å²) >= 11 is 0. The summed E-state index contributed by atoms with van der Waals surface area (Å²) in [5, 5.41) is 6.28. The van der Waals surface area contributed by atoms with Gasteiger partial charge in [0, 0.05) is 33.5 Å². The first kappa shape index (κ1) is 30.2. The zero-order valence-electron chi connectivity index (χ0n) is 28.8. The van der Waals surface area contributed by atoms with E-state index in [1.165, 1.54) is 0 Å². The average molecular weight is 693 g/mol. The SMILES string of the molecule is c1ccc(-c2nc(-c3cc4ccccc4cc3-c3ccccc3)nc(-c3c4oc(-c5ccc6ccccc6c5)nc4cc4oc5ccccc5c34)n2)cc1. The molecule has 11 rings (SSSR count). The Morgan fingerprint density at radius 1 is 0.370 bits per heavy atom. The predicted octanol–water partition coefficient (Wildman–Crippen LogP) is 12.6. The van der Waals surface area contributed by atoms with E-state index in [0.717, 1.165) is 65.7 Å². The van der Waals surface area contributed by atoms with Crippen LogP contribution in [0.25, 0.3) is 111 Å². The first-order chi connectivity index (χ1) is 26.7. The van der Waals surface area contributed by atoms with Crippen molar-refractivity contribution >= 4 is 54.6 Å². The Morgan fingerprint density at radius 3 is 1.76 bits per heavy atom. The minimum absolute atomic E-state index is 0.467. The number of rotatable bonds is 5. The topological polar surface area (TPSA) is 77.8 Å².